The summed E-state index contributed by atoms with van der Waals surface area (Å²) in [6.07, 6.45) is 0. The number of hydrogen-bond acceptors (Lipinski definition) is 2. The number of carbonyl (C=O) groups excluding carboxylic acids is 2. The lowest BCUT2D eigenvalue weighted by molar-refractivity contribution is -0.123. The largest absolute Gasteiger partial charge is 0.328 e. The number of halogens is 2. The highest BCUT2D eigenvalue weighted by Crippen LogP contribution is 2.23. The molecule has 1 aliphatic heterocycles. The van der Waals surface area contributed by atoms with Crippen LogP contribution < -0.4 is 10.2 Å². The van der Waals surface area contributed by atoms with Crippen LogP contribution in [-0.4, -0.2) is 18.5 Å². The fourth-order valence-corrected chi connectivity index (χ4v) is 1.64. The second kappa shape index (κ2) is 4.12. The number of nitrogens with one attached hydrogen (secondary N) is 1. The van der Waals surface area contributed by atoms with E-state index >= 15 is 0 Å². The Morgan fingerprint density at radius 2 is 2.06 bits per heavy atom. The van der Waals surface area contributed by atoms with Crippen molar-refractivity contribution in [3.8, 4) is 0 Å². The fraction of sp³-hybridized carbons (Fsp3) is 0.273. The Balaban J connectivity index is 2.33. The summed E-state index contributed by atoms with van der Waals surface area (Å²) in [5.74, 6) is -2.37. The van der Waals surface area contributed by atoms with Gasteiger partial charge in [-0.25, -0.2) is 13.6 Å². The Morgan fingerprint density at radius 3 is 2.71 bits per heavy atom. The molecule has 1 fully saturated rings. The molecule has 1 aromatic rings. The summed E-state index contributed by atoms with van der Waals surface area (Å²) in [7, 11) is 0. The molecule has 1 atom stereocenters. The molecule has 0 saturated carbocycles. The Kier molecular flexibility index (Phi) is 2.79. The molecule has 4 nitrogen and oxygen atoms in total. The van der Waals surface area contributed by atoms with Crippen molar-refractivity contribution in [3.05, 3.63) is 29.8 Å². The second-order valence-electron chi connectivity index (χ2n) is 3.90. The number of imide groups is 1. The third-order valence-corrected chi connectivity index (χ3v) is 2.58. The van der Waals surface area contributed by atoms with Gasteiger partial charge in [0.2, 0.25) is 5.91 Å². The summed E-state index contributed by atoms with van der Waals surface area (Å²) in [4.78, 5) is 23.8. The van der Waals surface area contributed by atoms with E-state index in [0.29, 0.717) is 6.07 Å². The predicted molar refractivity (Wildman–Crippen MR) is 56.4 cm³/mol. The van der Waals surface area contributed by atoms with Gasteiger partial charge in [0, 0.05) is 12.6 Å². The molecule has 0 aliphatic carbocycles. The van der Waals surface area contributed by atoms with Gasteiger partial charge in [-0.15, -0.1) is 0 Å². The molecule has 1 aromatic carbocycles. The third kappa shape index (κ3) is 2.11. The maximum Gasteiger partial charge on any atom is 0.328 e. The summed E-state index contributed by atoms with van der Waals surface area (Å²) >= 11 is 0. The zero-order chi connectivity index (χ0) is 12.6. The van der Waals surface area contributed by atoms with Gasteiger partial charge in [-0.3, -0.25) is 15.0 Å². The van der Waals surface area contributed by atoms with Crippen LogP contribution in [0.25, 0.3) is 0 Å². The minimum absolute atomic E-state index is 0.0387. The normalized spacial score (nSPS) is 20.4. The van der Waals surface area contributed by atoms with Gasteiger partial charge in [-0.1, -0.05) is 6.92 Å². The maximum atomic E-state index is 13.5. The predicted octanol–water partition coefficient (Wildman–Crippen LogP) is 1.66. The Morgan fingerprint density at radius 1 is 1.35 bits per heavy atom. The first-order valence-corrected chi connectivity index (χ1v) is 5.06. The molecule has 1 N–H and O–H groups in total. The monoisotopic (exact) mass is 240 g/mol. The number of amides is 3. The van der Waals surface area contributed by atoms with Crippen molar-refractivity contribution in [3.63, 3.8) is 0 Å². The van der Waals surface area contributed by atoms with Crippen molar-refractivity contribution in [2.75, 3.05) is 11.4 Å². The SMILES string of the molecule is CC1CN(c2ccc(F)cc2F)C(=O)NC1=O. The number of benzene rings is 1. The van der Waals surface area contributed by atoms with Crippen LogP contribution in [0.4, 0.5) is 19.3 Å². The highest BCUT2D eigenvalue weighted by atomic mass is 19.1. The molecule has 1 saturated heterocycles. The van der Waals surface area contributed by atoms with Gasteiger partial charge in [-0.2, -0.15) is 0 Å². The van der Waals surface area contributed by atoms with Crippen molar-refractivity contribution in [2.45, 2.75) is 6.92 Å². The Bertz CT molecular complexity index is 490. The molecule has 6 heteroatoms. The molecule has 90 valence electrons. The van der Waals surface area contributed by atoms with E-state index in [1.807, 2.05) is 0 Å². The van der Waals surface area contributed by atoms with Gasteiger partial charge in [0.15, 0.2) is 0 Å². The van der Waals surface area contributed by atoms with Gasteiger partial charge in [0.1, 0.15) is 11.6 Å². The maximum absolute atomic E-state index is 13.5. The van der Waals surface area contributed by atoms with Crippen molar-refractivity contribution < 1.29 is 18.4 Å². The molecule has 1 aliphatic rings. The molecular weight excluding hydrogens is 230 g/mol. The summed E-state index contributed by atoms with van der Waals surface area (Å²) in [6, 6.07) is 2.24. The Labute approximate surface area is 96.2 Å². The first kappa shape index (κ1) is 11.5. The molecule has 3 amide bonds. The van der Waals surface area contributed by atoms with Crippen molar-refractivity contribution in [2.24, 2.45) is 5.92 Å². The van der Waals surface area contributed by atoms with Crippen LogP contribution in [0.1, 0.15) is 6.92 Å². The lowest BCUT2D eigenvalue weighted by Gasteiger charge is -2.30. The summed E-state index contributed by atoms with van der Waals surface area (Å²) < 4.78 is 26.2. The van der Waals surface area contributed by atoms with E-state index in [-0.39, 0.29) is 12.2 Å². The van der Waals surface area contributed by atoms with E-state index in [1.165, 1.54) is 6.07 Å². The minimum atomic E-state index is -0.832. The van der Waals surface area contributed by atoms with E-state index in [4.69, 9.17) is 0 Å². The molecule has 2 rings (SSSR count). The van der Waals surface area contributed by atoms with Crippen LogP contribution in [0.2, 0.25) is 0 Å². The van der Waals surface area contributed by atoms with Crippen LogP contribution in [0.5, 0.6) is 0 Å². The smallest absolute Gasteiger partial charge is 0.290 e. The van der Waals surface area contributed by atoms with Crippen molar-refractivity contribution in [1.82, 2.24) is 5.32 Å². The Hall–Kier alpha value is -1.98. The summed E-state index contributed by atoms with van der Waals surface area (Å²) in [5.41, 5.74) is -0.0387. The number of rotatable bonds is 1. The number of hydrogen-bond donors (Lipinski definition) is 1. The van der Waals surface area contributed by atoms with Gasteiger partial charge in [0.25, 0.3) is 0 Å². The first-order valence-electron chi connectivity index (χ1n) is 5.06. The quantitative estimate of drug-likeness (QED) is 0.811. The minimum Gasteiger partial charge on any atom is -0.290 e. The molecule has 0 aromatic heterocycles. The lowest BCUT2D eigenvalue weighted by Crippen LogP contribution is -2.54. The highest BCUT2D eigenvalue weighted by molar-refractivity contribution is 6.06. The lowest BCUT2D eigenvalue weighted by atomic mass is 10.1. The summed E-state index contributed by atoms with van der Waals surface area (Å²) in [5, 5.41) is 2.11. The molecule has 0 spiro atoms. The standard InChI is InChI=1S/C11H10F2N2O2/c1-6-5-15(11(17)14-10(6)16)9-3-2-7(12)4-8(9)13/h2-4,6H,5H2,1H3,(H,14,16,17). The van der Waals surface area contributed by atoms with Gasteiger partial charge in [0.05, 0.1) is 11.6 Å². The van der Waals surface area contributed by atoms with E-state index in [9.17, 15) is 18.4 Å². The summed E-state index contributed by atoms with van der Waals surface area (Å²) in [6.45, 7) is 1.70. The number of carbonyl (C=O) groups is 2. The first-order chi connectivity index (χ1) is 7.99. The van der Waals surface area contributed by atoms with Crippen LogP contribution in [0.15, 0.2) is 18.2 Å². The fourth-order valence-electron chi connectivity index (χ4n) is 1.64. The average molecular weight is 240 g/mol. The molecule has 0 bridgehead atoms. The molecular formula is C11H10F2N2O2. The average Bonchev–Trinajstić information content (AvgIpc) is 2.24. The van der Waals surface area contributed by atoms with Crippen LogP contribution in [-0.2, 0) is 4.79 Å². The van der Waals surface area contributed by atoms with Gasteiger partial charge < -0.3 is 0 Å². The van der Waals surface area contributed by atoms with E-state index in [1.54, 1.807) is 6.92 Å². The molecule has 1 unspecified atom stereocenters. The van der Waals surface area contributed by atoms with Gasteiger partial charge in [-0.05, 0) is 12.1 Å². The van der Waals surface area contributed by atoms with Crippen LogP contribution >= 0.6 is 0 Å². The number of nitrogens with zero attached hydrogens (tertiary/aromatic N) is 1. The highest BCUT2D eigenvalue weighted by Gasteiger charge is 2.31. The third-order valence-electron chi connectivity index (χ3n) is 2.58. The molecule has 0 radical (unpaired) electrons. The zero-order valence-corrected chi connectivity index (χ0v) is 9.04. The number of anilines is 1. The van der Waals surface area contributed by atoms with Gasteiger partial charge >= 0.3 is 6.03 Å². The van der Waals surface area contributed by atoms with E-state index in [2.05, 4.69) is 5.32 Å². The van der Waals surface area contributed by atoms with Crippen LogP contribution in [0.3, 0.4) is 0 Å². The van der Waals surface area contributed by atoms with E-state index < -0.39 is 29.5 Å². The van der Waals surface area contributed by atoms with Crippen molar-refractivity contribution in [1.29, 1.82) is 0 Å². The van der Waals surface area contributed by atoms with Crippen LogP contribution in [0, 0.1) is 17.6 Å². The van der Waals surface area contributed by atoms with Crippen molar-refractivity contribution >= 4 is 17.6 Å². The number of urea groups is 1. The molecule has 1 heterocycles. The zero-order valence-electron chi connectivity index (χ0n) is 9.04. The molecule has 17 heavy (non-hydrogen) atoms. The topological polar surface area (TPSA) is 49.4 Å². The van der Waals surface area contributed by atoms with E-state index in [0.717, 1.165) is 11.0 Å². The second-order valence-corrected chi connectivity index (χ2v) is 3.90.